The first-order chi connectivity index (χ1) is 13.8. The maximum absolute atomic E-state index is 13.0. The molecule has 0 heterocycles. The fraction of sp³-hybridized carbons (Fsp3) is 0.280. The third-order valence-electron chi connectivity index (χ3n) is 6.23. The van der Waals surface area contributed by atoms with Gasteiger partial charge in [-0.2, -0.15) is 0 Å². The van der Waals surface area contributed by atoms with Gasteiger partial charge in [0, 0.05) is 10.8 Å². The van der Waals surface area contributed by atoms with Gasteiger partial charge in [0.05, 0.1) is 17.8 Å². The van der Waals surface area contributed by atoms with Gasteiger partial charge >= 0.3 is 11.9 Å². The Balaban J connectivity index is 2.07. The van der Waals surface area contributed by atoms with E-state index in [4.69, 9.17) is 4.74 Å². The van der Waals surface area contributed by atoms with Gasteiger partial charge in [0.25, 0.3) is 0 Å². The van der Waals surface area contributed by atoms with Gasteiger partial charge in [0.2, 0.25) is 0 Å². The molecular formula is C25H24O4. The molecule has 1 N–H and O–H groups in total. The van der Waals surface area contributed by atoms with Crippen molar-refractivity contribution >= 4 is 23.1 Å². The summed E-state index contributed by atoms with van der Waals surface area (Å²) in [5.41, 5.74) is 2.92. The minimum atomic E-state index is -1.06. The molecule has 2 atom stereocenters. The molecule has 2 aromatic carbocycles. The molecule has 0 saturated heterocycles. The minimum absolute atomic E-state index is 0.164. The number of benzene rings is 2. The molecule has 0 amide bonds. The Kier molecular flexibility index (Phi) is 4.45. The first-order valence-electron chi connectivity index (χ1n) is 9.86. The van der Waals surface area contributed by atoms with Crippen molar-refractivity contribution in [3.8, 4) is 0 Å². The SMILES string of the molecule is CCOC(=O)C1=C(C(=O)O)[C@@]2(C)C[C@]1(C)C(c1ccccc1)=C2c1ccccc1. The lowest BCUT2D eigenvalue weighted by molar-refractivity contribution is -0.140. The minimum Gasteiger partial charge on any atom is -0.478 e. The lowest BCUT2D eigenvalue weighted by Crippen LogP contribution is -2.29. The first kappa shape index (κ1) is 19.2. The van der Waals surface area contributed by atoms with Crippen molar-refractivity contribution in [1.29, 1.82) is 0 Å². The highest BCUT2D eigenvalue weighted by Gasteiger charge is 2.63. The van der Waals surface area contributed by atoms with E-state index in [0.29, 0.717) is 6.42 Å². The first-order valence-corrected chi connectivity index (χ1v) is 9.86. The molecule has 2 bridgehead atoms. The molecule has 2 aromatic rings. The lowest BCUT2D eigenvalue weighted by atomic mass is 9.69. The monoisotopic (exact) mass is 388 g/mol. The van der Waals surface area contributed by atoms with Gasteiger partial charge in [-0.3, -0.25) is 0 Å². The van der Waals surface area contributed by atoms with Crippen molar-refractivity contribution in [3.05, 3.63) is 82.9 Å². The summed E-state index contributed by atoms with van der Waals surface area (Å²) < 4.78 is 5.31. The summed E-state index contributed by atoms with van der Waals surface area (Å²) in [7, 11) is 0. The van der Waals surface area contributed by atoms with Crippen LogP contribution in [0.3, 0.4) is 0 Å². The van der Waals surface area contributed by atoms with Gasteiger partial charge < -0.3 is 9.84 Å². The Morgan fingerprint density at radius 1 is 0.862 bits per heavy atom. The number of carboxylic acids is 1. The van der Waals surface area contributed by atoms with E-state index in [-0.39, 0.29) is 17.8 Å². The number of carbonyl (C=O) groups is 2. The Morgan fingerprint density at radius 2 is 1.31 bits per heavy atom. The third-order valence-corrected chi connectivity index (χ3v) is 6.23. The van der Waals surface area contributed by atoms with Crippen LogP contribution in [0.4, 0.5) is 0 Å². The molecule has 0 radical (unpaired) electrons. The molecule has 4 heteroatoms. The molecule has 29 heavy (non-hydrogen) atoms. The van der Waals surface area contributed by atoms with E-state index in [2.05, 4.69) is 0 Å². The van der Waals surface area contributed by atoms with E-state index in [0.717, 1.165) is 22.3 Å². The smallest absolute Gasteiger partial charge is 0.335 e. The van der Waals surface area contributed by atoms with Crippen molar-refractivity contribution in [3.63, 3.8) is 0 Å². The van der Waals surface area contributed by atoms with E-state index in [1.165, 1.54) is 0 Å². The number of esters is 1. The number of ether oxygens (including phenoxy) is 1. The van der Waals surface area contributed by atoms with Gasteiger partial charge in [-0.15, -0.1) is 0 Å². The maximum atomic E-state index is 13.0. The summed E-state index contributed by atoms with van der Waals surface area (Å²) in [5, 5.41) is 10.1. The van der Waals surface area contributed by atoms with Crippen LogP contribution in [-0.2, 0) is 14.3 Å². The van der Waals surface area contributed by atoms with Crippen LogP contribution in [0.5, 0.6) is 0 Å². The highest BCUT2D eigenvalue weighted by atomic mass is 16.5. The Labute approximate surface area is 170 Å². The van der Waals surface area contributed by atoms with Crippen molar-refractivity contribution in [2.45, 2.75) is 27.2 Å². The Morgan fingerprint density at radius 3 is 1.72 bits per heavy atom. The average Bonchev–Trinajstić information content (AvgIpc) is 3.10. The van der Waals surface area contributed by atoms with Crippen LogP contribution in [-0.4, -0.2) is 23.7 Å². The predicted octanol–water partition coefficient (Wildman–Crippen LogP) is 4.97. The summed E-state index contributed by atoms with van der Waals surface area (Å²) in [5.74, 6) is -1.59. The van der Waals surface area contributed by atoms with Crippen molar-refractivity contribution in [2.75, 3.05) is 6.61 Å². The number of carbonyl (C=O) groups excluding carboxylic acids is 1. The maximum Gasteiger partial charge on any atom is 0.335 e. The topological polar surface area (TPSA) is 63.6 Å². The van der Waals surface area contributed by atoms with Crippen LogP contribution in [0.15, 0.2) is 71.8 Å². The molecular weight excluding hydrogens is 364 g/mol. The summed E-state index contributed by atoms with van der Waals surface area (Å²) in [4.78, 5) is 25.3. The highest BCUT2D eigenvalue weighted by molar-refractivity contribution is 6.15. The molecule has 0 aliphatic heterocycles. The van der Waals surface area contributed by atoms with Crippen LogP contribution < -0.4 is 0 Å². The normalized spacial score (nSPS) is 25.5. The second kappa shape index (κ2) is 6.73. The zero-order valence-corrected chi connectivity index (χ0v) is 16.9. The molecule has 0 spiro atoms. The third kappa shape index (κ3) is 2.66. The van der Waals surface area contributed by atoms with E-state index >= 15 is 0 Å². The van der Waals surface area contributed by atoms with Crippen LogP contribution >= 0.6 is 0 Å². The Hall–Kier alpha value is -3.14. The van der Waals surface area contributed by atoms with Gasteiger partial charge in [0.1, 0.15) is 0 Å². The van der Waals surface area contributed by atoms with Gasteiger partial charge in [0.15, 0.2) is 0 Å². The Bertz CT molecular complexity index is 1050. The number of hydrogen-bond acceptors (Lipinski definition) is 3. The molecule has 0 aromatic heterocycles. The summed E-state index contributed by atoms with van der Waals surface area (Å²) in [6.45, 7) is 5.86. The van der Waals surface area contributed by atoms with Crippen LogP contribution in [0.25, 0.3) is 11.1 Å². The fourth-order valence-corrected chi connectivity index (χ4v) is 5.42. The van der Waals surface area contributed by atoms with Crippen LogP contribution in [0, 0.1) is 10.8 Å². The van der Waals surface area contributed by atoms with E-state index in [1.807, 2.05) is 74.5 Å². The van der Waals surface area contributed by atoms with E-state index in [1.54, 1.807) is 6.92 Å². The van der Waals surface area contributed by atoms with E-state index < -0.39 is 22.8 Å². The van der Waals surface area contributed by atoms with E-state index in [9.17, 15) is 14.7 Å². The van der Waals surface area contributed by atoms with Gasteiger partial charge in [-0.25, -0.2) is 9.59 Å². The number of allylic oxidation sites excluding steroid dienone is 2. The lowest BCUT2D eigenvalue weighted by Gasteiger charge is -2.33. The summed E-state index contributed by atoms with van der Waals surface area (Å²) in [6.07, 6.45) is 0.532. The highest BCUT2D eigenvalue weighted by Crippen LogP contribution is 2.71. The second-order valence-electron chi connectivity index (χ2n) is 8.10. The molecule has 2 aliphatic rings. The molecule has 148 valence electrons. The van der Waals surface area contributed by atoms with Crippen molar-refractivity contribution < 1.29 is 19.4 Å². The number of rotatable bonds is 5. The van der Waals surface area contributed by atoms with Crippen molar-refractivity contribution in [1.82, 2.24) is 0 Å². The zero-order valence-electron chi connectivity index (χ0n) is 16.9. The molecule has 0 unspecified atom stereocenters. The largest absolute Gasteiger partial charge is 0.478 e. The quantitative estimate of drug-likeness (QED) is 0.735. The molecule has 0 fully saturated rings. The zero-order chi connectivity index (χ0) is 20.8. The van der Waals surface area contributed by atoms with Crippen LogP contribution in [0.2, 0.25) is 0 Å². The second-order valence-corrected chi connectivity index (χ2v) is 8.10. The summed E-state index contributed by atoms with van der Waals surface area (Å²) in [6, 6.07) is 19.8. The molecule has 2 aliphatic carbocycles. The summed E-state index contributed by atoms with van der Waals surface area (Å²) >= 11 is 0. The molecule has 4 nitrogen and oxygen atoms in total. The van der Waals surface area contributed by atoms with Crippen molar-refractivity contribution in [2.24, 2.45) is 10.8 Å². The van der Waals surface area contributed by atoms with Gasteiger partial charge in [-0.05, 0) is 35.6 Å². The number of fused-ring (bicyclic) bond motifs is 2. The fourth-order valence-electron chi connectivity index (χ4n) is 5.42. The molecule has 0 saturated carbocycles. The van der Waals surface area contributed by atoms with Crippen LogP contribution in [0.1, 0.15) is 38.3 Å². The number of hydrogen-bond donors (Lipinski definition) is 1. The predicted molar refractivity (Wildman–Crippen MR) is 112 cm³/mol. The van der Waals surface area contributed by atoms with Gasteiger partial charge in [-0.1, -0.05) is 74.5 Å². The molecule has 4 rings (SSSR count). The number of carboxylic acid groups (broad SMARTS) is 1. The standard InChI is InChI=1S/C25H24O4/c1-4-29-23(28)21-20(22(26)27)24(2)15-25(21,3)19(17-13-9-6-10-14-17)18(24)16-11-7-5-8-12-16/h5-14H,4,15H2,1-3H3,(H,26,27)/t24-,25+/m0/s1. The average molecular weight is 388 g/mol. The number of aliphatic carboxylic acids is 1.